The third-order valence-corrected chi connectivity index (χ3v) is 12.7. The van der Waals surface area contributed by atoms with E-state index in [-0.39, 0.29) is 11.6 Å². The molecule has 8 aromatic rings. The molecule has 62 heavy (non-hydrogen) atoms. The van der Waals surface area contributed by atoms with E-state index in [1.807, 2.05) is 103 Å². The Hall–Kier alpha value is -7.12. The van der Waals surface area contributed by atoms with Gasteiger partial charge in [0.2, 0.25) is 0 Å². The van der Waals surface area contributed by atoms with Crippen molar-refractivity contribution in [3.63, 3.8) is 0 Å². The van der Waals surface area contributed by atoms with Gasteiger partial charge in [0.15, 0.2) is 11.6 Å². The van der Waals surface area contributed by atoms with Crippen LogP contribution in [0.5, 0.6) is 0 Å². The summed E-state index contributed by atoms with van der Waals surface area (Å²) >= 11 is 3.47. The molecule has 1 aliphatic rings. The van der Waals surface area contributed by atoms with Crippen molar-refractivity contribution in [1.82, 2.24) is 0 Å². The van der Waals surface area contributed by atoms with Crippen LogP contribution in [-0.2, 0) is 0 Å². The van der Waals surface area contributed by atoms with Crippen molar-refractivity contribution in [3.05, 3.63) is 259 Å². The highest BCUT2D eigenvalue weighted by atomic mass is 32.2. The van der Waals surface area contributed by atoms with Gasteiger partial charge in [0.1, 0.15) is 0 Å². The molecule has 0 atom stereocenters. The molecule has 0 heterocycles. The normalized spacial score (nSPS) is 12.2. The number of para-hydroxylation sites is 1. The number of Topliss-reactive ketones (excluding diaryl/α,β-unsaturated/α-hetero) is 1. The highest BCUT2D eigenvalue weighted by Gasteiger charge is 2.27. The summed E-state index contributed by atoms with van der Waals surface area (Å²) in [6.45, 7) is 0. The summed E-state index contributed by atoms with van der Waals surface area (Å²) in [7, 11) is 0. The minimum Gasteiger partial charge on any atom is -0.311 e. The molecule has 0 amide bonds. The van der Waals surface area contributed by atoms with Gasteiger partial charge in [-0.05, 0) is 128 Å². The van der Waals surface area contributed by atoms with E-state index in [2.05, 4.69) is 137 Å². The number of hydrogen-bond donors (Lipinski definition) is 0. The average molecular weight is 839 g/mol. The van der Waals surface area contributed by atoms with Crippen LogP contribution < -0.4 is 9.80 Å². The number of carbonyl (C=O) groups is 2. The fourth-order valence-electron chi connectivity index (χ4n) is 7.64. The zero-order valence-corrected chi connectivity index (χ0v) is 35.5. The molecular formula is C56H42N2O2S2. The van der Waals surface area contributed by atoms with Gasteiger partial charge in [0, 0.05) is 64.6 Å². The Labute approximate surface area is 371 Å². The molecular weight excluding hydrogens is 797 g/mol. The first kappa shape index (κ1) is 40.3. The topological polar surface area (TPSA) is 40.6 Å². The van der Waals surface area contributed by atoms with Crippen molar-refractivity contribution in [3.8, 4) is 0 Å². The van der Waals surface area contributed by atoms with Crippen LogP contribution in [0, 0.1) is 0 Å². The molecule has 0 aliphatic heterocycles. The van der Waals surface area contributed by atoms with Crippen LogP contribution in [0.4, 0.5) is 28.4 Å². The van der Waals surface area contributed by atoms with Crippen LogP contribution in [-0.4, -0.2) is 11.6 Å². The first-order chi connectivity index (χ1) is 30.6. The van der Waals surface area contributed by atoms with Gasteiger partial charge in [-0.1, -0.05) is 139 Å². The number of ketones is 2. The SMILES string of the molecule is O=C(C1=C(N(c2ccc(N(c3ccc(Sc4ccccc4)cc3)c3ccc(Sc4ccccc4)cc3)cc2)c2ccccc2C(=O)c2ccccc2)C=CCC1)c1ccccc1. The van der Waals surface area contributed by atoms with Crippen LogP contribution in [0.25, 0.3) is 0 Å². The minimum atomic E-state index is -0.0898. The molecule has 0 saturated carbocycles. The van der Waals surface area contributed by atoms with E-state index in [9.17, 15) is 9.59 Å². The van der Waals surface area contributed by atoms with Crippen molar-refractivity contribution < 1.29 is 9.59 Å². The minimum absolute atomic E-state index is 0.0210. The lowest BCUT2D eigenvalue weighted by molar-refractivity contribution is 0.102. The Bertz CT molecular complexity index is 2760. The lowest BCUT2D eigenvalue weighted by atomic mass is 9.92. The maximum absolute atomic E-state index is 14.3. The second kappa shape index (κ2) is 19.1. The molecule has 1 aliphatic carbocycles. The van der Waals surface area contributed by atoms with Crippen LogP contribution >= 0.6 is 23.5 Å². The molecule has 0 N–H and O–H groups in total. The average Bonchev–Trinajstić information content (AvgIpc) is 3.34. The Morgan fingerprint density at radius 1 is 0.387 bits per heavy atom. The van der Waals surface area contributed by atoms with Crippen molar-refractivity contribution >= 4 is 63.5 Å². The van der Waals surface area contributed by atoms with E-state index < -0.39 is 0 Å². The monoisotopic (exact) mass is 838 g/mol. The quantitative estimate of drug-likeness (QED) is 0.102. The van der Waals surface area contributed by atoms with Crippen molar-refractivity contribution in [1.29, 1.82) is 0 Å². The van der Waals surface area contributed by atoms with Gasteiger partial charge >= 0.3 is 0 Å². The number of anilines is 5. The summed E-state index contributed by atoms with van der Waals surface area (Å²) < 4.78 is 0. The molecule has 0 bridgehead atoms. The molecule has 0 unspecified atom stereocenters. The molecule has 6 heteroatoms. The first-order valence-corrected chi connectivity index (χ1v) is 22.3. The zero-order valence-electron chi connectivity index (χ0n) is 33.9. The molecule has 8 aromatic carbocycles. The number of carbonyl (C=O) groups excluding carboxylic acids is 2. The van der Waals surface area contributed by atoms with Gasteiger partial charge < -0.3 is 9.80 Å². The molecule has 0 fully saturated rings. The number of hydrogen-bond acceptors (Lipinski definition) is 6. The summed E-state index contributed by atoms with van der Waals surface area (Å²) in [6, 6.07) is 73.1. The van der Waals surface area contributed by atoms with E-state index in [1.165, 1.54) is 9.79 Å². The molecule has 4 nitrogen and oxygen atoms in total. The molecule has 0 radical (unpaired) electrons. The maximum Gasteiger partial charge on any atom is 0.195 e. The Morgan fingerprint density at radius 2 is 0.774 bits per heavy atom. The van der Waals surface area contributed by atoms with Crippen molar-refractivity contribution in [2.45, 2.75) is 32.4 Å². The van der Waals surface area contributed by atoms with E-state index in [1.54, 1.807) is 23.5 Å². The highest BCUT2D eigenvalue weighted by molar-refractivity contribution is 7.99. The largest absolute Gasteiger partial charge is 0.311 e. The number of nitrogens with zero attached hydrogens (tertiary/aromatic N) is 2. The molecule has 300 valence electrons. The second-order valence-corrected chi connectivity index (χ2v) is 17.0. The van der Waals surface area contributed by atoms with E-state index in [0.717, 1.165) is 44.7 Å². The lowest BCUT2D eigenvalue weighted by Gasteiger charge is -2.32. The van der Waals surface area contributed by atoms with Crippen LogP contribution in [0.15, 0.2) is 261 Å². The number of allylic oxidation sites excluding steroid dienone is 3. The van der Waals surface area contributed by atoms with Crippen LogP contribution in [0.3, 0.4) is 0 Å². The summed E-state index contributed by atoms with van der Waals surface area (Å²) in [6.07, 6.45) is 5.47. The Kier molecular flexibility index (Phi) is 12.4. The third kappa shape index (κ3) is 9.13. The first-order valence-electron chi connectivity index (χ1n) is 20.6. The fourth-order valence-corrected chi connectivity index (χ4v) is 9.32. The van der Waals surface area contributed by atoms with E-state index in [4.69, 9.17) is 0 Å². The summed E-state index contributed by atoms with van der Waals surface area (Å²) in [5.74, 6) is -0.111. The smallest absolute Gasteiger partial charge is 0.195 e. The van der Waals surface area contributed by atoms with Gasteiger partial charge in [-0.25, -0.2) is 0 Å². The third-order valence-electron chi connectivity index (χ3n) is 10.6. The molecule has 0 aromatic heterocycles. The van der Waals surface area contributed by atoms with E-state index in [0.29, 0.717) is 34.4 Å². The Balaban J connectivity index is 1.14. The highest BCUT2D eigenvalue weighted by Crippen LogP contribution is 2.42. The van der Waals surface area contributed by atoms with Gasteiger partial charge in [0.25, 0.3) is 0 Å². The van der Waals surface area contributed by atoms with E-state index >= 15 is 0 Å². The van der Waals surface area contributed by atoms with Crippen molar-refractivity contribution in [2.75, 3.05) is 9.80 Å². The van der Waals surface area contributed by atoms with Gasteiger partial charge in [0.05, 0.1) is 11.4 Å². The summed E-state index contributed by atoms with van der Waals surface area (Å²) in [4.78, 5) is 37.7. The van der Waals surface area contributed by atoms with Crippen molar-refractivity contribution in [2.24, 2.45) is 0 Å². The molecule has 0 spiro atoms. The zero-order chi connectivity index (χ0) is 42.1. The van der Waals surface area contributed by atoms with Gasteiger partial charge in [-0.2, -0.15) is 0 Å². The predicted molar refractivity (Wildman–Crippen MR) is 257 cm³/mol. The predicted octanol–water partition coefficient (Wildman–Crippen LogP) is 15.3. The fraction of sp³-hybridized carbons (Fsp3) is 0.0357. The van der Waals surface area contributed by atoms with Gasteiger partial charge in [-0.3, -0.25) is 9.59 Å². The molecule has 0 saturated heterocycles. The second-order valence-electron chi connectivity index (χ2n) is 14.7. The summed E-state index contributed by atoms with van der Waals surface area (Å²) in [5.41, 5.74) is 7.75. The van der Waals surface area contributed by atoms with Gasteiger partial charge in [-0.15, -0.1) is 0 Å². The van der Waals surface area contributed by atoms with Crippen LogP contribution in [0.2, 0.25) is 0 Å². The van der Waals surface area contributed by atoms with Crippen LogP contribution in [0.1, 0.15) is 39.1 Å². The number of benzene rings is 8. The summed E-state index contributed by atoms with van der Waals surface area (Å²) in [5, 5.41) is 0. The maximum atomic E-state index is 14.3. The lowest BCUT2D eigenvalue weighted by Crippen LogP contribution is -2.23. The molecule has 9 rings (SSSR count). The Morgan fingerprint density at radius 3 is 1.27 bits per heavy atom. The number of rotatable bonds is 14. The standard InChI is InChI=1S/C56H42N2O2S2/c59-55(41-17-5-1-6-18-41)51-25-13-15-27-53(51)58(54-28-16-14-26-52(54)56(60)42-19-7-2-8-20-42)46-31-29-43(30-32-46)57(44-33-37-49(38-34-44)61-47-21-9-3-10-22-47)45-35-39-50(40-36-45)62-48-23-11-4-12-24-48/h1-13,15-25,27-40H,14,26H2.